The van der Waals surface area contributed by atoms with E-state index in [1.807, 2.05) is 0 Å². The summed E-state index contributed by atoms with van der Waals surface area (Å²) >= 11 is 0. The highest BCUT2D eigenvalue weighted by molar-refractivity contribution is 5.94. The smallest absolute Gasteiger partial charge is 0.330 e. The van der Waals surface area contributed by atoms with Crippen molar-refractivity contribution in [1.82, 2.24) is 0 Å². The van der Waals surface area contributed by atoms with E-state index in [1.54, 1.807) is 24.3 Å². The Kier molecular flexibility index (Phi) is 4.33. The molecule has 0 bridgehead atoms. The summed E-state index contributed by atoms with van der Waals surface area (Å²) in [6.07, 6.45) is 0.189. The number of benzene rings is 1. The fourth-order valence-electron chi connectivity index (χ4n) is 1.36. The molecule has 1 unspecified atom stereocenters. The van der Waals surface area contributed by atoms with Crippen LogP contribution in [0.5, 0.6) is 0 Å². The SMILES string of the molecule is CC(=O)c1ccc(CC(N=NN)C(=O)O)cc1. The number of hydrogen-bond acceptors (Lipinski definition) is 4. The Balaban J connectivity index is 2.80. The fourth-order valence-corrected chi connectivity index (χ4v) is 1.36. The van der Waals surface area contributed by atoms with E-state index in [-0.39, 0.29) is 12.2 Å². The van der Waals surface area contributed by atoms with Crippen molar-refractivity contribution >= 4 is 11.8 Å². The van der Waals surface area contributed by atoms with Gasteiger partial charge in [0.1, 0.15) is 0 Å². The van der Waals surface area contributed by atoms with Crippen LogP contribution in [0.4, 0.5) is 0 Å². The van der Waals surface area contributed by atoms with Crippen molar-refractivity contribution in [1.29, 1.82) is 0 Å². The first kappa shape index (κ1) is 12.8. The lowest BCUT2D eigenvalue weighted by atomic mass is 10.0. The van der Waals surface area contributed by atoms with Gasteiger partial charge < -0.3 is 10.9 Å². The molecule has 0 fully saturated rings. The van der Waals surface area contributed by atoms with Gasteiger partial charge in [0.15, 0.2) is 11.8 Å². The van der Waals surface area contributed by atoms with Crippen LogP contribution in [0.3, 0.4) is 0 Å². The van der Waals surface area contributed by atoms with Gasteiger partial charge in [0.25, 0.3) is 0 Å². The first-order valence-corrected chi connectivity index (χ1v) is 4.97. The molecule has 3 N–H and O–H groups in total. The van der Waals surface area contributed by atoms with Crippen LogP contribution in [0.15, 0.2) is 34.6 Å². The molecular weight excluding hydrogens is 222 g/mol. The van der Waals surface area contributed by atoms with Gasteiger partial charge in [-0.15, -0.1) is 0 Å². The number of Topliss-reactive ketones (excluding diaryl/α,β-unsaturated/α-hetero) is 1. The first-order valence-electron chi connectivity index (χ1n) is 4.97. The largest absolute Gasteiger partial charge is 0.480 e. The van der Waals surface area contributed by atoms with E-state index in [0.717, 1.165) is 5.56 Å². The standard InChI is InChI=1S/C11H13N3O3/c1-7(15)9-4-2-8(3-5-9)6-10(11(16)17)13-14-12/h2-5,10H,6H2,1H3,(H2,12,13)(H,16,17). The third kappa shape index (κ3) is 3.67. The molecule has 6 nitrogen and oxygen atoms in total. The van der Waals surface area contributed by atoms with Crippen molar-refractivity contribution in [2.24, 2.45) is 16.2 Å². The van der Waals surface area contributed by atoms with Gasteiger partial charge in [0.2, 0.25) is 0 Å². The molecule has 90 valence electrons. The number of carboxylic acids is 1. The molecule has 1 atom stereocenters. The van der Waals surface area contributed by atoms with Crippen LogP contribution in [0.1, 0.15) is 22.8 Å². The summed E-state index contributed by atoms with van der Waals surface area (Å²) in [7, 11) is 0. The molecule has 0 aliphatic rings. The van der Waals surface area contributed by atoms with Gasteiger partial charge in [-0.2, -0.15) is 5.11 Å². The molecule has 0 heterocycles. The van der Waals surface area contributed by atoms with E-state index in [0.29, 0.717) is 5.56 Å². The van der Waals surface area contributed by atoms with Crippen molar-refractivity contribution in [2.45, 2.75) is 19.4 Å². The predicted octanol–water partition coefficient (Wildman–Crippen LogP) is 1.21. The Labute approximate surface area is 98.1 Å². The molecule has 17 heavy (non-hydrogen) atoms. The number of carbonyl (C=O) groups is 2. The van der Waals surface area contributed by atoms with Gasteiger partial charge in [-0.1, -0.05) is 29.5 Å². The average molecular weight is 235 g/mol. The molecule has 1 aromatic rings. The van der Waals surface area contributed by atoms with Gasteiger partial charge in [-0.05, 0) is 12.5 Å². The second-order valence-corrected chi connectivity index (χ2v) is 3.54. The summed E-state index contributed by atoms with van der Waals surface area (Å²) in [5.74, 6) is 3.71. The summed E-state index contributed by atoms with van der Waals surface area (Å²) in [5, 5.41) is 15.2. The Morgan fingerprint density at radius 3 is 2.35 bits per heavy atom. The molecular formula is C11H13N3O3. The number of hydrogen-bond donors (Lipinski definition) is 2. The van der Waals surface area contributed by atoms with E-state index in [2.05, 4.69) is 10.3 Å². The summed E-state index contributed by atoms with van der Waals surface area (Å²) in [6.45, 7) is 1.47. The first-order chi connectivity index (χ1) is 8.04. The zero-order valence-corrected chi connectivity index (χ0v) is 9.33. The van der Waals surface area contributed by atoms with Crippen molar-refractivity contribution in [3.63, 3.8) is 0 Å². The molecule has 1 aromatic carbocycles. The molecule has 0 aliphatic heterocycles. The third-order valence-electron chi connectivity index (χ3n) is 2.28. The minimum Gasteiger partial charge on any atom is -0.480 e. The van der Waals surface area contributed by atoms with Crippen LogP contribution in [-0.2, 0) is 11.2 Å². The van der Waals surface area contributed by atoms with Gasteiger partial charge in [0, 0.05) is 12.0 Å². The topological polar surface area (TPSA) is 105 Å². The van der Waals surface area contributed by atoms with Crippen molar-refractivity contribution in [3.05, 3.63) is 35.4 Å². The quantitative estimate of drug-likeness (QED) is 0.346. The normalized spacial score (nSPS) is 12.5. The highest BCUT2D eigenvalue weighted by Crippen LogP contribution is 2.09. The van der Waals surface area contributed by atoms with E-state index in [9.17, 15) is 9.59 Å². The summed E-state index contributed by atoms with van der Waals surface area (Å²) in [4.78, 5) is 21.9. The second kappa shape index (κ2) is 5.74. The van der Waals surface area contributed by atoms with Crippen molar-refractivity contribution in [3.8, 4) is 0 Å². The number of nitrogens with two attached hydrogens (primary N) is 1. The van der Waals surface area contributed by atoms with Crippen LogP contribution in [0.2, 0.25) is 0 Å². The number of nitrogens with zero attached hydrogens (tertiary/aromatic N) is 2. The predicted molar refractivity (Wildman–Crippen MR) is 60.6 cm³/mol. The third-order valence-corrected chi connectivity index (χ3v) is 2.28. The summed E-state index contributed by atoms with van der Waals surface area (Å²) in [6, 6.07) is 5.69. The Hall–Kier alpha value is -2.24. The van der Waals surface area contributed by atoms with Crippen LogP contribution in [-0.4, -0.2) is 22.9 Å². The van der Waals surface area contributed by atoms with E-state index >= 15 is 0 Å². The molecule has 0 amide bonds. The average Bonchev–Trinajstić information content (AvgIpc) is 2.29. The second-order valence-electron chi connectivity index (χ2n) is 3.54. The van der Waals surface area contributed by atoms with Gasteiger partial charge in [-0.25, -0.2) is 4.79 Å². The molecule has 0 saturated carbocycles. The number of carbonyl (C=O) groups excluding carboxylic acids is 1. The lowest BCUT2D eigenvalue weighted by molar-refractivity contribution is -0.138. The highest BCUT2D eigenvalue weighted by atomic mass is 16.4. The maximum atomic E-state index is 11.0. The van der Waals surface area contributed by atoms with Gasteiger partial charge in [0.05, 0.1) is 0 Å². The fraction of sp³-hybridized carbons (Fsp3) is 0.273. The number of aliphatic carboxylic acids is 1. The number of rotatable bonds is 5. The van der Waals surface area contributed by atoms with Crippen molar-refractivity contribution in [2.75, 3.05) is 0 Å². The maximum Gasteiger partial charge on any atom is 0.330 e. The maximum absolute atomic E-state index is 11.0. The molecule has 0 radical (unpaired) electrons. The number of carboxylic acid groups (broad SMARTS) is 1. The monoisotopic (exact) mass is 235 g/mol. The Morgan fingerprint density at radius 2 is 1.94 bits per heavy atom. The van der Waals surface area contributed by atoms with Crippen LogP contribution in [0.25, 0.3) is 0 Å². The molecule has 0 saturated heterocycles. The zero-order chi connectivity index (χ0) is 12.8. The van der Waals surface area contributed by atoms with E-state index in [1.165, 1.54) is 6.92 Å². The number of ketones is 1. The van der Waals surface area contributed by atoms with Gasteiger partial charge >= 0.3 is 5.97 Å². The van der Waals surface area contributed by atoms with Crippen molar-refractivity contribution < 1.29 is 14.7 Å². The molecule has 0 spiro atoms. The molecule has 6 heteroatoms. The molecule has 0 aromatic heterocycles. The lowest BCUT2D eigenvalue weighted by Gasteiger charge is -2.06. The van der Waals surface area contributed by atoms with E-state index in [4.69, 9.17) is 10.9 Å². The van der Waals surface area contributed by atoms with E-state index < -0.39 is 12.0 Å². The van der Waals surface area contributed by atoms with Crippen LogP contribution >= 0.6 is 0 Å². The highest BCUT2D eigenvalue weighted by Gasteiger charge is 2.17. The lowest BCUT2D eigenvalue weighted by Crippen LogP contribution is -2.20. The minimum atomic E-state index is -1.09. The van der Waals surface area contributed by atoms with Crippen LogP contribution in [0, 0.1) is 0 Å². The zero-order valence-electron chi connectivity index (χ0n) is 9.33. The summed E-state index contributed by atoms with van der Waals surface area (Å²) in [5.41, 5.74) is 1.34. The minimum absolute atomic E-state index is 0.0343. The summed E-state index contributed by atoms with van der Waals surface area (Å²) < 4.78 is 0. The van der Waals surface area contributed by atoms with Crippen LogP contribution < -0.4 is 5.84 Å². The molecule has 1 rings (SSSR count). The Morgan fingerprint density at radius 1 is 1.35 bits per heavy atom. The van der Waals surface area contributed by atoms with Gasteiger partial charge in [-0.3, -0.25) is 4.79 Å². The molecule has 0 aliphatic carbocycles. The Bertz CT molecular complexity index is 440.